The van der Waals surface area contributed by atoms with Crippen LogP contribution in [0.5, 0.6) is 0 Å². The predicted molar refractivity (Wildman–Crippen MR) is 95.5 cm³/mol. The second kappa shape index (κ2) is 6.86. The van der Waals surface area contributed by atoms with Crippen molar-refractivity contribution in [1.82, 2.24) is 0 Å². The Kier molecular flexibility index (Phi) is 4.65. The van der Waals surface area contributed by atoms with E-state index < -0.39 is 0 Å². The number of thioether (sulfide) groups is 1. The molecular formula is C18H12ClNO2S. The van der Waals surface area contributed by atoms with Crippen LogP contribution in [0.1, 0.15) is 5.56 Å². The number of hydrogen-bond acceptors (Lipinski definition) is 3. The maximum atomic E-state index is 12.4. The summed E-state index contributed by atoms with van der Waals surface area (Å²) in [6.45, 7) is 0. The van der Waals surface area contributed by atoms with Gasteiger partial charge in [-0.25, -0.2) is 4.90 Å². The van der Waals surface area contributed by atoms with Gasteiger partial charge in [0.05, 0.1) is 15.6 Å². The van der Waals surface area contributed by atoms with E-state index in [1.165, 1.54) is 0 Å². The lowest BCUT2D eigenvalue weighted by atomic mass is 10.2. The summed E-state index contributed by atoms with van der Waals surface area (Å²) in [5.41, 5.74) is 1.43. The first-order valence-corrected chi connectivity index (χ1v) is 8.10. The number of benzene rings is 2. The van der Waals surface area contributed by atoms with E-state index in [-0.39, 0.29) is 11.1 Å². The molecular weight excluding hydrogens is 330 g/mol. The average Bonchev–Trinajstić information content (AvgIpc) is 2.83. The van der Waals surface area contributed by atoms with Gasteiger partial charge in [-0.1, -0.05) is 66.2 Å². The number of rotatable bonds is 3. The van der Waals surface area contributed by atoms with Crippen molar-refractivity contribution in [2.45, 2.75) is 0 Å². The maximum absolute atomic E-state index is 12.4. The molecule has 5 heteroatoms. The second-order valence-corrected chi connectivity index (χ2v) is 6.16. The minimum absolute atomic E-state index is 0.345. The first-order chi connectivity index (χ1) is 11.2. The van der Waals surface area contributed by atoms with Crippen molar-refractivity contribution in [3.63, 3.8) is 0 Å². The molecule has 0 aromatic heterocycles. The van der Waals surface area contributed by atoms with E-state index in [1.807, 2.05) is 36.4 Å². The summed E-state index contributed by atoms with van der Waals surface area (Å²) in [6, 6.07) is 16.5. The molecule has 0 bridgehead atoms. The third kappa shape index (κ3) is 3.38. The Morgan fingerprint density at radius 1 is 0.957 bits per heavy atom. The Bertz CT molecular complexity index is 815. The number of allylic oxidation sites excluding steroid dienone is 2. The highest BCUT2D eigenvalue weighted by molar-refractivity contribution is 8.18. The monoisotopic (exact) mass is 341 g/mol. The van der Waals surface area contributed by atoms with Gasteiger partial charge in [0.25, 0.3) is 11.1 Å². The lowest BCUT2D eigenvalue weighted by Gasteiger charge is -2.13. The van der Waals surface area contributed by atoms with E-state index in [0.717, 1.165) is 22.2 Å². The summed E-state index contributed by atoms with van der Waals surface area (Å²) in [7, 11) is 0. The van der Waals surface area contributed by atoms with Gasteiger partial charge in [-0.3, -0.25) is 9.59 Å². The van der Waals surface area contributed by atoms with Crippen molar-refractivity contribution in [2.24, 2.45) is 0 Å². The zero-order valence-corrected chi connectivity index (χ0v) is 13.6. The summed E-state index contributed by atoms with van der Waals surface area (Å²) in [5.74, 6) is -0.356. The molecule has 3 nitrogen and oxygen atoms in total. The zero-order valence-electron chi connectivity index (χ0n) is 12.0. The molecule has 3 rings (SSSR count). The van der Waals surface area contributed by atoms with Crippen molar-refractivity contribution >= 4 is 46.3 Å². The Labute approximate surface area is 143 Å². The van der Waals surface area contributed by atoms with Gasteiger partial charge < -0.3 is 0 Å². The highest BCUT2D eigenvalue weighted by Gasteiger charge is 2.36. The average molecular weight is 342 g/mol. The van der Waals surface area contributed by atoms with Crippen molar-refractivity contribution < 1.29 is 9.59 Å². The van der Waals surface area contributed by atoms with Crippen LogP contribution in [0.2, 0.25) is 5.02 Å². The molecule has 0 unspecified atom stereocenters. The van der Waals surface area contributed by atoms with E-state index in [1.54, 1.807) is 36.4 Å². The van der Waals surface area contributed by atoms with E-state index in [9.17, 15) is 9.59 Å². The standard InChI is InChI=1S/C18H12ClNO2S/c19-14-10-4-5-11-15(14)20-17(21)16(23-18(20)22)12-6-9-13-7-2-1-3-8-13/h1-12H/b9-6+,16-12-. The molecule has 23 heavy (non-hydrogen) atoms. The molecule has 114 valence electrons. The van der Waals surface area contributed by atoms with Crippen LogP contribution >= 0.6 is 23.4 Å². The number of nitrogens with zero attached hydrogens (tertiary/aromatic N) is 1. The van der Waals surface area contributed by atoms with Crippen LogP contribution in [0, 0.1) is 0 Å². The van der Waals surface area contributed by atoms with Gasteiger partial charge in [-0.05, 0) is 35.5 Å². The number of carbonyl (C=O) groups excluding carboxylic acids is 2. The predicted octanol–water partition coefficient (Wildman–Crippen LogP) is 5.14. The Hall–Kier alpha value is -2.30. The highest BCUT2D eigenvalue weighted by atomic mass is 35.5. The van der Waals surface area contributed by atoms with Gasteiger partial charge in [-0.2, -0.15) is 0 Å². The normalized spacial score (nSPS) is 16.7. The van der Waals surface area contributed by atoms with Crippen LogP contribution in [-0.2, 0) is 4.79 Å². The first kappa shape index (κ1) is 15.6. The van der Waals surface area contributed by atoms with Crippen LogP contribution in [0.4, 0.5) is 10.5 Å². The van der Waals surface area contributed by atoms with Gasteiger partial charge in [-0.15, -0.1) is 0 Å². The topological polar surface area (TPSA) is 37.4 Å². The Balaban J connectivity index is 1.83. The Morgan fingerprint density at radius 3 is 2.39 bits per heavy atom. The minimum Gasteiger partial charge on any atom is -0.268 e. The van der Waals surface area contributed by atoms with Crippen LogP contribution in [0.25, 0.3) is 6.08 Å². The molecule has 0 aliphatic carbocycles. The molecule has 0 atom stereocenters. The van der Waals surface area contributed by atoms with Gasteiger partial charge >= 0.3 is 0 Å². The van der Waals surface area contributed by atoms with E-state index >= 15 is 0 Å². The molecule has 0 radical (unpaired) electrons. The SMILES string of the molecule is O=C1S/C(=C\C=C\c2ccccc2)C(=O)N1c1ccccc1Cl. The van der Waals surface area contributed by atoms with Gasteiger partial charge in [0.1, 0.15) is 0 Å². The molecule has 0 spiro atoms. The van der Waals surface area contributed by atoms with Gasteiger partial charge in [0.15, 0.2) is 0 Å². The van der Waals surface area contributed by atoms with Crippen LogP contribution in [0.15, 0.2) is 71.7 Å². The number of carbonyl (C=O) groups is 2. The van der Waals surface area contributed by atoms with Gasteiger partial charge in [0.2, 0.25) is 0 Å². The number of hydrogen-bond donors (Lipinski definition) is 0. The van der Waals surface area contributed by atoms with E-state index in [2.05, 4.69) is 0 Å². The number of para-hydroxylation sites is 1. The molecule has 0 N–H and O–H groups in total. The third-order valence-electron chi connectivity index (χ3n) is 3.22. The third-order valence-corrected chi connectivity index (χ3v) is 4.43. The van der Waals surface area contributed by atoms with Crippen molar-refractivity contribution in [1.29, 1.82) is 0 Å². The lowest BCUT2D eigenvalue weighted by Crippen LogP contribution is -2.27. The lowest BCUT2D eigenvalue weighted by molar-refractivity contribution is -0.113. The zero-order chi connectivity index (χ0) is 16.2. The summed E-state index contributed by atoms with van der Waals surface area (Å²) in [5, 5.41) is 0.0262. The summed E-state index contributed by atoms with van der Waals surface area (Å²) >= 11 is 6.99. The van der Waals surface area contributed by atoms with E-state index in [0.29, 0.717) is 15.6 Å². The molecule has 1 aliphatic heterocycles. The van der Waals surface area contributed by atoms with Crippen molar-refractivity contribution in [2.75, 3.05) is 4.90 Å². The van der Waals surface area contributed by atoms with Crippen LogP contribution < -0.4 is 4.90 Å². The molecule has 2 aromatic carbocycles. The molecule has 2 amide bonds. The van der Waals surface area contributed by atoms with Crippen molar-refractivity contribution in [3.05, 3.63) is 82.2 Å². The van der Waals surface area contributed by atoms with Crippen LogP contribution in [-0.4, -0.2) is 11.1 Å². The smallest absolute Gasteiger partial charge is 0.268 e. The van der Waals surface area contributed by atoms with Crippen LogP contribution in [0.3, 0.4) is 0 Å². The molecule has 2 aromatic rings. The second-order valence-electron chi connectivity index (χ2n) is 4.76. The van der Waals surface area contributed by atoms with Gasteiger partial charge in [0, 0.05) is 0 Å². The minimum atomic E-state index is -0.356. The number of anilines is 1. The highest BCUT2D eigenvalue weighted by Crippen LogP contribution is 2.37. The number of halogens is 1. The summed E-state index contributed by atoms with van der Waals surface area (Å²) < 4.78 is 0. The summed E-state index contributed by atoms with van der Waals surface area (Å²) in [6.07, 6.45) is 5.29. The number of imide groups is 1. The number of amides is 2. The fourth-order valence-corrected chi connectivity index (χ4v) is 3.14. The summed E-state index contributed by atoms with van der Waals surface area (Å²) in [4.78, 5) is 26.0. The molecule has 1 heterocycles. The molecule has 1 fully saturated rings. The maximum Gasteiger partial charge on any atom is 0.298 e. The first-order valence-electron chi connectivity index (χ1n) is 6.91. The fraction of sp³-hybridized carbons (Fsp3) is 0. The fourth-order valence-electron chi connectivity index (χ4n) is 2.13. The molecule has 1 saturated heterocycles. The Morgan fingerprint density at radius 2 is 1.65 bits per heavy atom. The van der Waals surface area contributed by atoms with Crippen molar-refractivity contribution in [3.8, 4) is 0 Å². The largest absolute Gasteiger partial charge is 0.298 e. The molecule has 1 aliphatic rings. The molecule has 0 saturated carbocycles. The van der Waals surface area contributed by atoms with E-state index in [4.69, 9.17) is 11.6 Å². The quantitative estimate of drug-likeness (QED) is 0.725.